The molecule has 0 saturated heterocycles. The van der Waals surface area contributed by atoms with E-state index in [0.29, 0.717) is 17.7 Å². The van der Waals surface area contributed by atoms with Gasteiger partial charge in [0.15, 0.2) is 0 Å². The lowest BCUT2D eigenvalue weighted by Gasteiger charge is -2.11. The summed E-state index contributed by atoms with van der Waals surface area (Å²) in [5.41, 5.74) is 2.28. The average Bonchev–Trinajstić information content (AvgIpc) is 2.77. The molecule has 3 aromatic carbocycles. The molecule has 0 saturated carbocycles. The third-order valence-electron chi connectivity index (χ3n) is 4.87. The molecule has 1 N–H and O–H groups in total. The summed E-state index contributed by atoms with van der Waals surface area (Å²) >= 11 is 0. The highest BCUT2D eigenvalue weighted by molar-refractivity contribution is 6.02. The first-order chi connectivity index (χ1) is 14.4. The van der Waals surface area contributed by atoms with Crippen molar-refractivity contribution in [2.75, 3.05) is 0 Å². The van der Waals surface area contributed by atoms with Crippen molar-refractivity contribution >= 4 is 16.7 Å². The quantitative estimate of drug-likeness (QED) is 0.462. The number of fused-ring (bicyclic) bond motifs is 1. The molecule has 6 heteroatoms. The van der Waals surface area contributed by atoms with E-state index in [9.17, 15) is 18.0 Å². The van der Waals surface area contributed by atoms with Gasteiger partial charge in [-0.1, -0.05) is 36.4 Å². The Hall–Kier alpha value is -3.67. The van der Waals surface area contributed by atoms with Crippen LogP contribution in [0.2, 0.25) is 0 Å². The number of carbonyl (C=O) groups is 1. The van der Waals surface area contributed by atoms with E-state index in [1.807, 2.05) is 36.4 Å². The second-order valence-electron chi connectivity index (χ2n) is 6.85. The van der Waals surface area contributed by atoms with Crippen LogP contribution in [0.4, 0.5) is 13.2 Å². The molecule has 1 heterocycles. The van der Waals surface area contributed by atoms with Crippen LogP contribution in [-0.4, -0.2) is 10.9 Å². The van der Waals surface area contributed by atoms with Crippen LogP contribution < -0.4 is 5.32 Å². The van der Waals surface area contributed by atoms with Crippen LogP contribution >= 0.6 is 0 Å². The third kappa shape index (κ3) is 4.17. The van der Waals surface area contributed by atoms with E-state index in [1.165, 1.54) is 12.1 Å². The van der Waals surface area contributed by atoms with Gasteiger partial charge in [-0.15, -0.1) is 0 Å². The lowest BCUT2D eigenvalue weighted by atomic mass is 9.96. The average molecular weight is 406 g/mol. The molecule has 0 aliphatic rings. The number of hydrogen-bond donors (Lipinski definition) is 1. The SMILES string of the molecule is O=C(NCc1ccncc1)c1ccc2c(-c3ccc(C(F)(F)F)cc3)cccc2c1. The standard InChI is InChI=1S/C24H17F3N2O/c25-24(26,27)20-7-4-17(5-8-20)21-3-1-2-18-14-19(6-9-22(18)21)23(30)29-15-16-10-12-28-13-11-16/h1-14H,15H2,(H,29,30). The highest BCUT2D eigenvalue weighted by Crippen LogP contribution is 2.33. The van der Waals surface area contributed by atoms with Crippen molar-refractivity contribution in [2.45, 2.75) is 12.7 Å². The summed E-state index contributed by atoms with van der Waals surface area (Å²) in [5.74, 6) is -0.200. The van der Waals surface area contributed by atoms with Crippen LogP contribution in [0.25, 0.3) is 21.9 Å². The van der Waals surface area contributed by atoms with Crippen LogP contribution in [0.1, 0.15) is 21.5 Å². The van der Waals surface area contributed by atoms with Crippen molar-refractivity contribution in [1.29, 1.82) is 0 Å². The maximum absolute atomic E-state index is 12.8. The number of alkyl halides is 3. The maximum atomic E-state index is 12.8. The summed E-state index contributed by atoms with van der Waals surface area (Å²) in [6, 6.07) is 19.6. The minimum atomic E-state index is -4.37. The summed E-state index contributed by atoms with van der Waals surface area (Å²) in [5, 5.41) is 4.57. The molecule has 30 heavy (non-hydrogen) atoms. The monoisotopic (exact) mass is 406 g/mol. The minimum Gasteiger partial charge on any atom is -0.348 e. The predicted octanol–water partition coefficient (Wildman–Crippen LogP) is 5.85. The van der Waals surface area contributed by atoms with Gasteiger partial charge in [-0.3, -0.25) is 9.78 Å². The normalized spacial score (nSPS) is 11.4. The summed E-state index contributed by atoms with van der Waals surface area (Å²) in [7, 11) is 0. The molecule has 0 aliphatic carbocycles. The Morgan fingerprint density at radius 2 is 1.63 bits per heavy atom. The number of amides is 1. The van der Waals surface area contributed by atoms with Gasteiger partial charge in [0.2, 0.25) is 0 Å². The van der Waals surface area contributed by atoms with E-state index in [1.54, 1.807) is 24.5 Å². The molecule has 0 aliphatic heterocycles. The summed E-state index contributed by atoms with van der Waals surface area (Å²) in [4.78, 5) is 16.5. The second kappa shape index (κ2) is 7.99. The number of aromatic nitrogens is 1. The molecular formula is C24H17F3N2O. The Balaban J connectivity index is 1.60. The second-order valence-corrected chi connectivity index (χ2v) is 6.85. The molecule has 0 radical (unpaired) electrons. The maximum Gasteiger partial charge on any atom is 0.416 e. The van der Waals surface area contributed by atoms with Gasteiger partial charge in [-0.2, -0.15) is 13.2 Å². The van der Waals surface area contributed by atoms with Crippen LogP contribution in [-0.2, 0) is 12.7 Å². The van der Waals surface area contributed by atoms with Crippen LogP contribution in [0.3, 0.4) is 0 Å². The highest BCUT2D eigenvalue weighted by Gasteiger charge is 2.30. The Morgan fingerprint density at radius 3 is 2.33 bits per heavy atom. The van der Waals surface area contributed by atoms with Gasteiger partial charge >= 0.3 is 6.18 Å². The van der Waals surface area contributed by atoms with Gasteiger partial charge in [0.1, 0.15) is 0 Å². The summed E-state index contributed by atoms with van der Waals surface area (Å²) in [6.07, 6.45) is -1.03. The molecular weight excluding hydrogens is 389 g/mol. The van der Waals surface area contributed by atoms with Gasteiger partial charge in [-0.05, 0) is 63.9 Å². The fourth-order valence-corrected chi connectivity index (χ4v) is 3.30. The molecule has 3 nitrogen and oxygen atoms in total. The molecule has 0 unspecified atom stereocenters. The van der Waals surface area contributed by atoms with Gasteiger partial charge in [-0.25, -0.2) is 0 Å². The van der Waals surface area contributed by atoms with Gasteiger partial charge in [0, 0.05) is 24.5 Å². The number of rotatable bonds is 4. The first-order valence-electron chi connectivity index (χ1n) is 9.29. The molecule has 4 rings (SSSR count). The van der Waals surface area contributed by atoms with E-state index >= 15 is 0 Å². The number of nitrogens with zero attached hydrogens (tertiary/aromatic N) is 1. The van der Waals surface area contributed by atoms with E-state index in [4.69, 9.17) is 0 Å². The first-order valence-corrected chi connectivity index (χ1v) is 9.29. The molecule has 0 bridgehead atoms. The number of benzene rings is 3. The Morgan fingerprint density at radius 1 is 0.900 bits per heavy atom. The molecule has 4 aromatic rings. The molecule has 150 valence electrons. The molecule has 1 aromatic heterocycles. The minimum absolute atomic E-state index is 0.200. The van der Waals surface area contributed by atoms with Crippen LogP contribution in [0.5, 0.6) is 0 Å². The van der Waals surface area contributed by atoms with Gasteiger partial charge < -0.3 is 5.32 Å². The highest BCUT2D eigenvalue weighted by atomic mass is 19.4. The van der Waals surface area contributed by atoms with Crippen molar-refractivity contribution in [3.63, 3.8) is 0 Å². The first kappa shape index (κ1) is 19.6. The topological polar surface area (TPSA) is 42.0 Å². The number of nitrogens with one attached hydrogen (secondary N) is 1. The van der Waals surface area contributed by atoms with Crippen molar-refractivity contribution in [3.05, 3.63) is 102 Å². The van der Waals surface area contributed by atoms with Crippen molar-refractivity contribution in [1.82, 2.24) is 10.3 Å². The van der Waals surface area contributed by atoms with Crippen LogP contribution in [0.15, 0.2) is 85.2 Å². The fraction of sp³-hybridized carbons (Fsp3) is 0.0833. The molecule has 0 fully saturated rings. The molecule has 1 amide bonds. The van der Waals surface area contributed by atoms with E-state index < -0.39 is 11.7 Å². The van der Waals surface area contributed by atoms with E-state index in [0.717, 1.165) is 34.0 Å². The van der Waals surface area contributed by atoms with Crippen molar-refractivity contribution in [2.24, 2.45) is 0 Å². The summed E-state index contributed by atoms with van der Waals surface area (Å²) in [6.45, 7) is 0.394. The Bertz CT molecular complexity index is 1190. The van der Waals surface area contributed by atoms with E-state index in [2.05, 4.69) is 10.3 Å². The Kier molecular flexibility index (Phi) is 5.23. The molecule has 0 spiro atoms. The van der Waals surface area contributed by atoms with Crippen molar-refractivity contribution < 1.29 is 18.0 Å². The molecule has 0 atom stereocenters. The zero-order valence-electron chi connectivity index (χ0n) is 15.8. The third-order valence-corrected chi connectivity index (χ3v) is 4.87. The van der Waals surface area contributed by atoms with Crippen molar-refractivity contribution in [3.8, 4) is 11.1 Å². The van der Waals surface area contributed by atoms with E-state index in [-0.39, 0.29) is 5.91 Å². The zero-order valence-corrected chi connectivity index (χ0v) is 15.8. The number of halogens is 3. The lowest BCUT2D eigenvalue weighted by molar-refractivity contribution is -0.137. The Labute approximate surface area is 171 Å². The number of carbonyl (C=O) groups excluding carboxylic acids is 1. The predicted molar refractivity (Wildman–Crippen MR) is 110 cm³/mol. The largest absolute Gasteiger partial charge is 0.416 e. The fourth-order valence-electron chi connectivity index (χ4n) is 3.30. The number of hydrogen-bond acceptors (Lipinski definition) is 2. The summed E-state index contributed by atoms with van der Waals surface area (Å²) < 4.78 is 38.5. The van der Waals surface area contributed by atoms with Crippen LogP contribution in [0, 0.1) is 0 Å². The number of pyridine rings is 1. The lowest BCUT2D eigenvalue weighted by Crippen LogP contribution is -2.22. The van der Waals surface area contributed by atoms with Gasteiger partial charge in [0.05, 0.1) is 5.56 Å². The van der Waals surface area contributed by atoms with Gasteiger partial charge in [0.25, 0.3) is 5.91 Å². The zero-order chi connectivity index (χ0) is 21.1. The smallest absolute Gasteiger partial charge is 0.348 e.